The van der Waals surface area contributed by atoms with Gasteiger partial charge in [-0.1, -0.05) is 44.4 Å². The van der Waals surface area contributed by atoms with Crippen LogP contribution in [0.4, 0.5) is 0 Å². The minimum atomic E-state index is 0.394. The molecule has 110 valence electrons. The molecule has 0 N–H and O–H groups in total. The average Bonchev–Trinajstić information content (AvgIpc) is 2.78. The third-order valence-electron chi connectivity index (χ3n) is 3.71. The Balaban J connectivity index is 2.29. The SMILES string of the molecule is CC(C)CCCC(C)n1c(CCl)nc2c(Cl)cccc21. The van der Waals surface area contributed by atoms with E-state index in [9.17, 15) is 0 Å². The second kappa shape index (κ2) is 6.82. The van der Waals surface area contributed by atoms with Crippen molar-refractivity contribution in [2.75, 3.05) is 0 Å². The molecule has 0 aliphatic carbocycles. The second-order valence-corrected chi connectivity index (χ2v) is 6.49. The molecule has 1 aromatic carbocycles. The number of para-hydroxylation sites is 1. The Morgan fingerprint density at radius 2 is 1.95 bits per heavy atom. The molecule has 0 fully saturated rings. The lowest BCUT2D eigenvalue weighted by Crippen LogP contribution is -2.09. The second-order valence-electron chi connectivity index (χ2n) is 5.81. The largest absolute Gasteiger partial charge is 0.324 e. The number of fused-ring (bicyclic) bond motifs is 1. The molecule has 1 heterocycles. The van der Waals surface area contributed by atoms with Crippen LogP contribution in [0.1, 0.15) is 51.9 Å². The van der Waals surface area contributed by atoms with Crippen molar-refractivity contribution < 1.29 is 0 Å². The maximum atomic E-state index is 6.23. The molecule has 0 bridgehead atoms. The van der Waals surface area contributed by atoms with E-state index in [1.54, 1.807) is 0 Å². The Bertz CT molecular complexity index is 575. The fourth-order valence-corrected chi connectivity index (χ4v) is 3.07. The molecule has 2 rings (SSSR count). The highest BCUT2D eigenvalue weighted by Crippen LogP contribution is 2.29. The van der Waals surface area contributed by atoms with E-state index < -0.39 is 0 Å². The van der Waals surface area contributed by atoms with Gasteiger partial charge in [0.05, 0.1) is 16.4 Å². The molecule has 0 radical (unpaired) electrons. The molecule has 0 spiro atoms. The number of rotatable bonds is 6. The monoisotopic (exact) mass is 312 g/mol. The molecule has 1 atom stereocenters. The summed E-state index contributed by atoms with van der Waals surface area (Å²) in [5.41, 5.74) is 1.95. The Morgan fingerprint density at radius 3 is 2.60 bits per heavy atom. The third-order valence-corrected chi connectivity index (χ3v) is 4.25. The van der Waals surface area contributed by atoms with Crippen molar-refractivity contribution in [3.8, 4) is 0 Å². The molecular formula is C16H22Cl2N2. The van der Waals surface area contributed by atoms with Crippen molar-refractivity contribution in [3.05, 3.63) is 29.0 Å². The number of aromatic nitrogens is 2. The lowest BCUT2D eigenvalue weighted by Gasteiger charge is -2.17. The van der Waals surface area contributed by atoms with Crippen LogP contribution < -0.4 is 0 Å². The van der Waals surface area contributed by atoms with Crippen LogP contribution in [0.25, 0.3) is 11.0 Å². The highest BCUT2D eigenvalue weighted by atomic mass is 35.5. The van der Waals surface area contributed by atoms with Crippen molar-refractivity contribution in [1.82, 2.24) is 9.55 Å². The Kier molecular flexibility index (Phi) is 5.34. The maximum absolute atomic E-state index is 6.23. The van der Waals surface area contributed by atoms with E-state index >= 15 is 0 Å². The van der Waals surface area contributed by atoms with E-state index in [1.165, 1.54) is 12.8 Å². The lowest BCUT2D eigenvalue weighted by molar-refractivity contribution is 0.447. The molecule has 20 heavy (non-hydrogen) atoms. The summed E-state index contributed by atoms with van der Waals surface area (Å²) in [5.74, 6) is 2.08. The number of alkyl halides is 1. The summed E-state index contributed by atoms with van der Waals surface area (Å²) in [6.45, 7) is 6.76. The topological polar surface area (TPSA) is 17.8 Å². The molecule has 0 amide bonds. The number of hydrogen-bond donors (Lipinski definition) is 0. The van der Waals surface area contributed by atoms with Gasteiger partial charge in [-0.2, -0.15) is 0 Å². The fourth-order valence-electron chi connectivity index (χ4n) is 2.67. The van der Waals surface area contributed by atoms with Gasteiger partial charge in [-0.3, -0.25) is 0 Å². The molecular weight excluding hydrogens is 291 g/mol. The van der Waals surface area contributed by atoms with Gasteiger partial charge in [-0.05, 0) is 31.4 Å². The van der Waals surface area contributed by atoms with E-state index in [2.05, 4.69) is 36.4 Å². The van der Waals surface area contributed by atoms with Gasteiger partial charge in [0.15, 0.2) is 0 Å². The normalized spacial score (nSPS) is 13.3. The fraction of sp³-hybridized carbons (Fsp3) is 0.562. The van der Waals surface area contributed by atoms with Gasteiger partial charge in [-0.15, -0.1) is 11.6 Å². The van der Waals surface area contributed by atoms with Crippen LogP contribution in [0.3, 0.4) is 0 Å². The quantitative estimate of drug-likeness (QED) is 0.615. The molecule has 0 saturated carbocycles. The molecule has 0 aliphatic heterocycles. The zero-order valence-electron chi connectivity index (χ0n) is 12.4. The summed E-state index contributed by atoms with van der Waals surface area (Å²) in [4.78, 5) is 4.59. The molecule has 0 aliphatic rings. The zero-order valence-corrected chi connectivity index (χ0v) is 13.9. The number of nitrogens with zero attached hydrogens (tertiary/aromatic N) is 2. The summed E-state index contributed by atoms with van der Waals surface area (Å²) in [6.07, 6.45) is 3.62. The van der Waals surface area contributed by atoms with Crippen molar-refractivity contribution >= 4 is 34.2 Å². The summed E-state index contributed by atoms with van der Waals surface area (Å²) in [7, 11) is 0. The summed E-state index contributed by atoms with van der Waals surface area (Å²) < 4.78 is 2.24. The van der Waals surface area contributed by atoms with Crippen LogP contribution in [0.5, 0.6) is 0 Å². The first-order valence-corrected chi connectivity index (χ1v) is 8.17. The Labute approximate surface area is 131 Å². The summed E-state index contributed by atoms with van der Waals surface area (Å²) in [5, 5.41) is 0.696. The smallest absolute Gasteiger partial charge is 0.125 e. The molecule has 0 saturated heterocycles. The van der Waals surface area contributed by atoms with Gasteiger partial charge in [0.2, 0.25) is 0 Å². The average molecular weight is 313 g/mol. The molecule has 1 unspecified atom stereocenters. The van der Waals surface area contributed by atoms with Crippen LogP contribution in [0.15, 0.2) is 18.2 Å². The van der Waals surface area contributed by atoms with E-state index in [-0.39, 0.29) is 0 Å². The lowest BCUT2D eigenvalue weighted by atomic mass is 10.0. The zero-order chi connectivity index (χ0) is 14.7. The minimum Gasteiger partial charge on any atom is -0.324 e. The van der Waals surface area contributed by atoms with Gasteiger partial charge in [0.25, 0.3) is 0 Å². The number of hydrogen-bond acceptors (Lipinski definition) is 1. The number of benzene rings is 1. The first-order chi connectivity index (χ1) is 9.54. The van der Waals surface area contributed by atoms with E-state index in [0.717, 1.165) is 29.2 Å². The minimum absolute atomic E-state index is 0.394. The third kappa shape index (κ3) is 3.29. The highest BCUT2D eigenvalue weighted by Gasteiger charge is 2.16. The van der Waals surface area contributed by atoms with Crippen LogP contribution in [0, 0.1) is 5.92 Å². The predicted molar refractivity (Wildman–Crippen MR) is 87.7 cm³/mol. The first-order valence-electron chi connectivity index (χ1n) is 7.25. The molecule has 1 aromatic heterocycles. The Hall–Kier alpha value is -0.730. The van der Waals surface area contributed by atoms with Gasteiger partial charge in [0.1, 0.15) is 11.3 Å². The standard InChI is InChI=1S/C16H22Cl2N2/c1-11(2)6-4-7-12(3)20-14-9-5-8-13(18)16(14)19-15(20)10-17/h5,8-9,11-12H,4,6-7,10H2,1-3H3. The Morgan fingerprint density at radius 1 is 1.20 bits per heavy atom. The van der Waals surface area contributed by atoms with Crippen LogP contribution in [-0.2, 0) is 5.88 Å². The van der Waals surface area contributed by atoms with Crippen LogP contribution >= 0.6 is 23.2 Å². The van der Waals surface area contributed by atoms with Crippen LogP contribution in [0.2, 0.25) is 5.02 Å². The highest BCUT2D eigenvalue weighted by molar-refractivity contribution is 6.35. The molecule has 2 nitrogen and oxygen atoms in total. The van der Waals surface area contributed by atoms with Crippen molar-refractivity contribution in [1.29, 1.82) is 0 Å². The molecule has 4 heteroatoms. The van der Waals surface area contributed by atoms with Gasteiger partial charge in [0, 0.05) is 6.04 Å². The van der Waals surface area contributed by atoms with Crippen molar-refractivity contribution in [2.24, 2.45) is 5.92 Å². The predicted octanol–water partition coefficient (Wildman–Crippen LogP) is 5.82. The van der Waals surface area contributed by atoms with Gasteiger partial charge >= 0.3 is 0 Å². The maximum Gasteiger partial charge on any atom is 0.125 e. The van der Waals surface area contributed by atoms with E-state index in [4.69, 9.17) is 23.2 Å². The molecule has 2 aromatic rings. The van der Waals surface area contributed by atoms with E-state index in [0.29, 0.717) is 16.9 Å². The number of halogens is 2. The van der Waals surface area contributed by atoms with Gasteiger partial charge < -0.3 is 4.57 Å². The van der Waals surface area contributed by atoms with Crippen molar-refractivity contribution in [3.63, 3.8) is 0 Å². The summed E-state index contributed by atoms with van der Waals surface area (Å²) >= 11 is 12.3. The summed E-state index contributed by atoms with van der Waals surface area (Å²) in [6, 6.07) is 6.32. The van der Waals surface area contributed by atoms with E-state index in [1.807, 2.05) is 12.1 Å². The van der Waals surface area contributed by atoms with Crippen LogP contribution in [-0.4, -0.2) is 9.55 Å². The van der Waals surface area contributed by atoms with Crippen molar-refractivity contribution in [2.45, 2.75) is 52.0 Å². The first kappa shape index (κ1) is 15.7. The number of imidazole rings is 1. The van der Waals surface area contributed by atoms with Gasteiger partial charge in [-0.25, -0.2) is 4.98 Å².